The van der Waals surface area contributed by atoms with Gasteiger partial charge in [-0.3, -0.25) is 4.79 Å². The second-order valence-corrected chi connectivity index (χ2v) is 6.22. The van der Waals surface area contributed by atoms with Gasteiger partial charge in [-0.2, -0.15) is 0 Å². The maximum absolute atomic E-state index is 12.3. The fraction of sp³-hybridized carbons (Fsp3) is 0.588. The number of nitrogens with two attached hydrogens (primary N) is 1. The highest BCUT2D eigenvalue weighted by atomic mass is 35.5. The Morgan fingerprint density at radius 1 is 1.30 bits per heavy atom. The zero-order valence-electron chi connectivity index (χ0n) is 13.2. The average molecular weight is 341 g/mol. The molecule has 0 aliphatic carbocycles. The molecule has 0 spiro atoms. The SMILES string of the molecule is Cl.N[C@@H]1CN(C(=O)COCC2CCOC2)C[C@H]1c1ccccc1. The summed E-state index contributed by atoms with van der Waals surface area (Å²) < 4.78 is 10.9. The number of carbonyl (C=O) groups is 1. The molecule has 2 saturated heterocycles. The van der Waals surface area contributed by atoms with Crippen molar-refractivity contribution in [3.8, 4) is 0 Å². The van der Waals surface area contributed by atoms with E-state index in [2.05, 4.69) is 12.1 Å². The Morgan fingerprint density at radius 3 is 2.78 bits per heavy atom. The molecule has 0 bridgehead atoms. The van der Waals surface area contributed by atoms with Crippen molar-refractivity contribution >= 4 is 18.3 Å². The van der Waals surface area contributed by atoms with Gasteiger partial charge in [0.15, 0.2) is 0 Å². The second-order valence-electron chi connectivity index (χ2n) is 6.22. The van der Waals surface area contributed by atoms with Crippen LogP contribution in [0, 0.1) is 5.92 Å². The summed E-state index contributed by atoms with van der Waals surface area (Å²) in [6.45, 7) is 3.59. The van der Waals surface area contributed by atoms with Gasteiger partial charge >= 0.3 is 0 Å². The van der Waals surface area contributed by atoms with Gasteiger partial charge in [0.05, 0.1) is 13.2 Å². The molecule has 3 rings (SSSR count). The fourth-order valence-electron chi connectivity index (χ4n) is 3.20. The normalized spacial score (nSPS) is 27.0. The first-order valence-electron chi connectivity index (χ1n) is 7.98. The second kappa shape index (κ2) is 8.64. The maximum Gasteiger partial charge on any atom is 0.248 e. The third kappa shape index (κ3) is 4.67. The van der Waals surface area contributed by atoms with Gasteiger partial charge in [0.1, 0.15) is 6.61 Å². The molecule has 1 amide bonds. The van der Waals surface area contributed by atoms with Crippen molar-refractivity contribution < 1.29 is 14.3 Å². The van der Waals surface area contributed by atoms with Crippen LogP contribution in [-0.2, 0) is 14.3 Å². The lowest BCUT2D eigenvalue weighted by molar-refractivity contribution is -0.135. The molecule has 2 fully saturated rings. The fourth-order valence-corrected chi connectivity index (χ4v) is 3.20. The lowest BCUT2D eigenvalue weighted by Crippen LogP contribution is -2.34. The number of carbonyl (C=O) groups excluding carboxylic acids is 1. The quantitative estimate of drug-likeness (QED) is 0.880. The van der Waals surface area contributed by atoms with Crippen LogP contribution in [0.1, 0.15) is 17.9 Å². The van der Waals surface area contributed by atoms with E-state index in [1.54, 1.807) is 0 Å². The molecule has 2 aliphatic heterocycles. The standard InChI is InChI=1S/C17H24N2O3.ClH/c18-16-9-19(8-15(16)14-4-2-1-3-5-14)17(20)12-22-11-13-6-7-21-10-13;/h1-5,13,15-16H,6-12,18H2;1H/t13?,15-,16+;/m0./s1. The van der Waals surface area contributed by atoms with Crippen molar-refractivity contribution in [3.63, 3.8) is 0 Å². The topological polar surface area (TPSA) is 64.8 Å². The molecule has 23 heavy (non-hydrogen) atoms. The first-order valence-corrected chi connectivity index (χ1v) is 7.98. The van der Waals surface area contributed by atoms with E-state index in [1.807, 2.05) is 23.1 Å². The minimum absolute atomic E-state index is 0. The summed E-state index contributed by atoms with van der Waals surface area (Å²) in [4.78, 5) is 14.1. The lowest BCUT2D eigenvalue weighted by Gasteiger charge is -2.17. The first-order chi connectivity index (χ1) is 10.7. The number of nitrogens with zero attached hydrogens (tertiary/aromatic N) is 1. The molecule has 1 aromatic rings. The monoisotopic (exact) mass is 340 g/mol. The van der Waals surface area contributed by atoms with Crippen molar-refractivity contribution in [2.75, 3.05) is 39.5 Å². The third-order valence-electron chi connectivity index (χ3n) is 4.55. The van der Waals surface area contributed by atoms with E-state index >= 15 is 0 Å². The summed E-state index contributed by atoms with van der Waals surface area (Å²) in [6, 6.07) is 10.2. The minimum Gasteiger partial charge on any atom is -0.381 e. The molecule has 3 atom stereocenters. The summed E-state index contributed by atoms with van der Waals surface area (Å²) in [5.41, 5.74) is 7.42. The third-order valence-corrected chi connectivity index (χ3v) is 4.55. The van der Waals surface area contributed by atoms with Crippen molar-refractivity contribution in [3.05, 3.63) is 35.9 Å². The highest BCUT2D eigenvalue weighted by Gasteiger charge is 2.33. The smallest absolute Gasteiger partial charge is 0.248 e. The van der Waals surface area contributed by atoms with Gasteiger partial charge in [0.25, 0.3) is 0 Å². The van der Waals surface area contributed by atoms with Crippen LogP contribution in [0.15, 0.2) is 30.3 Å². The first kappa shape index (κ1) is 18.2. The van der Waals surface area contributed by atoms with Crippen LogP contribution >= 0.6 is 12.4 Å². The van der Waals surface area contributed by atoms with E-state index in [0.29, 0.717) is 25.6 Å². The number of benzene rings is 1. The van der Waals surface area contributed by atoms with Crippen molar-refractivity contribution in [1.82, 2.24) is 4.90 Å². The van der Waals surface area contributed by atoms with Crippen molar-refractivity contribution in [2.24, 2.45) is 11.7 Å². The van der Waals surface area contributed by atoms with Crippen LogP contribution in [0.3, 0.4) is 0 Å². The van der Waals surface area contributed by atoms with Crippen LogP contribution in [-0.4, -0.2) is 56.4 Å². The molecular weight excluding hydrogens is 316 g/mol. The van der Waals surface area contributed by atoms with Gasteiger partial charge in [0.2, 0.25) is 5.91 Å². The Balaban J connectivity index is 0.00000192. The summed E-state index contributed by atoms with van der Waals surface area (Å²) in [6.07, 6.45) is 1.03. The Morgan fingerprint density at radius 2 is 2.09 bits per heavy atom. The summed E-state index contributed by atoms with van der Waals surface area (Å²) in [5, 5.41) is 0. The lowest BCUT2D eigenvalue weighted by atomic mass is 9.95. The predicted molar refractivity (Wildman–Crippen MR) is 90.7 cm³/mol. The zero-order valence-corrected chi connectivity index (χ0v) is 14.0. The highest BCUT2D eigenvalue weighted by molar-refractivity contribution is 5.85. The van der Waals surface area contributed by atoms with Gasteiger partial charge in [0, 0.05) is 37.6 Å². The van der Waals surface area contributed by atoms with Crippen LogP contribution in [0.4, 0.5) is 0 Å². The van der Waals surface area contributed by atoms with Crippen molar-refractivity contribution in [2.45, 2.75) is 18.4 Å². The number of ether oxygens (including phenoxy) is 2. The molecule has 2 heterocycles. The van der Waals surface area contributed by atoms with Gasteiger partial charge in [-0.15, -0.1) is 12.4 Å². The van der Waals surface area contributed by atoms with E-state index in [1.165, 1.54) is 5.56 Å². The van der Waals surface area contributed by atoms with E-state index in [4.69, 9.17) is 15.2 Å². The number of hydrogen-bond donors (Lipinski definition) is 1. The molecule has 1 aromatic carbocycles. The summed E-state index contributed by atoms with van der Waals surface area (Å²) >= 11 is 0. The number of rotatable bonds is 5. The van der Waals surface area contributed by atoms with Gasteiger partial charge in [-0.25, -0.2) is 0 Å². The van der Waals surface area contributed by atoms with Gasteiger partial charge < -0.3 is 20.1 Å². The number of likely N-dealkylation sites (tertiary alicyclic amines) is 1. The molecule has 0 radical (unpaired) electrons. The molecule has 0 saturated carbocycles. The highest BCUT2D eigenvalue weighted by Crippen LogP contribution is 2.26. The number of amides is 1. The van der Waals surface area contributed by atoms with Gasteiger partial charge in [-0.05, 0) is 12.0 Å². The molecule has 1 unspecified atom stereocenters. The molecular formula is C17H25ClN2O3. The van der Waals surface area contributed by atoms with E-state index in [-0.39, 0.29) is 36.9 Å². The van der Waals surface area contributed by atoms with E-state index in [9.17, 15) is 4.79 Å². The van der Waals surface area contributed by atoms with Crippen molar-refractivity contribution in [1.29, 1.82) is 0 Å². The van der Waals surface area contributed by atoms with Crippen LogP contribution in [0.5, 0.6) is 0 Å². The molecule has 128 valence electrons. The predicted octanol–water partition coefficient (Wildman–Crippen LogP) is 1.41. The summed E-state index contributed by atoms with van der Waals surface area (Å²) in [7, 11) is 0. The molecule has 2 N–H and O–H groups in total. The average Bonchev–Trinajstić information content (AvgIpc) is 3.17. The largest absolute Gasteiger partial charge is 0.381 e. The number of halogens is 1. The Kier molecular flexibility index (Phi) is 6.84. The molecule has 2 aliphatic rings. The Labute approximate surface area is 143 Å². The van der Waals surface area contributed by atoms with E-state index < -0.39 is 0 Å². The minimum atomic E-state index is -0.00502. The molecule has 5 nitrogen and oxygen atoms in total. The van der Waals surface area contributed by atoms with E-state index in [0.717, 1.165) is 19.6 Å². The van der Waals surface area contributed by atoms with Gasteiger partial charge in [-0.1, -0.05) is 30.3 Å². The zero-order chi connectivity index (χ0) is 15.4. The van der Waals surface area contributed by atoms with Crippen LogP contribution in [0.25, 0.3) is 0 Å². The molecule has 6 heteroatoms. The Bertz CT molecular complexity index is 494. The van der Waals surface area contributed by atoms with Crippen LogP contribution in [0.2, 0.25) is 0 Å². The number of hydrogen-bond acceptors (Lipinski definition) is 4. The molecule has 0 aromatic heterocycles. The Hall–Kier alpha value is -1.14. The maximum atomic E-state index is 12.3. The van der Waals surface area contributed by atoms with Crippen LogP contribution < -0.4 is 5.73 Å². The summed E-state index contributed by atoms with van der Waals surface area (Å²) in [5.74, 6) is 0.687.